The molecule has 0 saturated carbocycles. The molecule has 3 rings (SSSR count). The van der Waals surface area contributed by atoms with Gasteiger partial charge in [-0.25, -0.2) is 0 Å². The largest absolute Gasteiger partial charge is 0.416 e. The topological polar surface area (TPSA) is 0 Å². The Morgan fingerprint density at radius 1 is 0.481 bits per heavy atom. The molecular formula is C20H13F6S+. The van der Waals surface area contributed by atoms with Crippen molar-refractivity contribution in [2.75, 3.05) is 0 Å². The third kappa shape index (κ3) is 4.47. The Labute approximate surface area is 154 Å². The molecule has 0 aliphatic carbocycles. The second-order valence-corrected chi connectivity index (χ2v) is 7.70. The maximum atomic E-state index is 13.2. The molecule has 0 aliphatic heterocycles. The first-order valence-electron chi connectivity index (χ1n) is 7.80. The summed E-state index contributed by atoms with van der Waals surface area (Å²) in [6.45, 7) is 0. The van der Waals surface area contributed by atoms with Crippen LogP contribution in [0.1, 0.15) is 11.1 Å². The summed E-state index contributed by atoms with van der Waals surface area (Å²) in [4.78, 5) is 1.24. The van der Waals surface area contributed by atoms with E-state index in [4.69, 9.17) is 0 Å². The minimum Gasteiger partial charge on any atom is -0.166 e. The standard InChI is InChI=1S/C20H13F6S/c21-19(22,23)14-11-15(20(24,25)26)13-18(12-14)27(16-7-3-1-4-8-16)17-9-5-2-6-10-17/h1-13H/q+1. The predicted octanol–water partition coefficient (Wildman–Crippen LogP) is 6.82. The highest BCUT2D eigenvalue weighted by Gasteiger charge is 2.40. The molecule has 140 valence electrons. The Kier molecular flexibility index (Phi) is 5.24. The van der Waals surface area contributed by atoms with E-state index in [9.17, 15) is 26.3 Å². The van der Waals surface area contributed by atoms with Crippen LogP contribution in [0.2, 0.25) is 0 Å². The van der Waals surface area contributed by atoms with Crippen molar-refractivity contribution in [3.8, 4) is 0 Å². The first-order chi connectivity index (χ1) is 12.7. The average Bonchev–Trinajstić information content (AvgIpc) is 2.62. The monoisotopic (exact) mass is 399 g/mol. The summed E-state index contributed by atoms with van der Waals surface area (Å²) in [5, 5.41) is 0. The van der Waals surface area contributed by atoms with Gasteiger partial charge in [0.15, 0.2) is 14.7 Å². The van der Waals surface area contributed by atoms with Crippen molar-refractivity contribution in [3.63, 3.8) is 0 Å². The molecule has 0 bridgehead atoms. The van der Waals surface area contributed by atoms with Crippen LogP contribution in [0.4, 0.5) is 26.3 Å². The second-order valence-electron chi connectivity index (χ2n) is 5.67. The zero-order chi connectivity index (χ0) is 19.7. The molecule has 0 amide bonds. The molecule has 0 spiro atoms. The number of hydrogen-bond donors (Lipinski definition) is 0. The molecule has 3 aromatic rings. The van der Waals surface area contributed by atoms with Crippen molar-refractivity contribution in [2.24, 2.45) is 0 Å². The van der Waals surface area contributed by atoms with Crippen LogP contribution >= 0.6 is 0 Å². The lowest BCUT2D eigenvalue weighted by atomic mass is 10.1. The number of halogens is 6. The van der Waals surface area contributed by atoms with Crippen molar-refractivity contribution >= 4 is 10.9 Å². The Morgan fingerprint density at radius 2 is 0.852 bits per heavy atom. The normalized spacial score (nSPS) is 12.4. The molecule has 0 nitrogen and oxygen atoms in total. The summed E-state index contributed by atoms with van der Waals surface area (Å²) >= 11 is 0. The van der Waals surface area contributed by atoms with Gasteiger partial charge in [-0.05, 0) is 30.3 Å². The summed E-state index contributed by atoms with van der Waals surface area (Å²) in [6, 6.07) is 18.9. The van der Waals surface area contributed by atoms with Crippen molar-refractivity contribution < 1.29 is 26.3 Å². The van der Waals surface area contributed by atoms with Crippen LogP contribution < -0.4 is 0 Å². The first-order valence-corrected chi connectivity index (χ1v) is 9.02. The molecule has 0 N–H and O–H groups in total. The number of hydrogen-bond acceptors (Lipinski definition) is 0. The lowest BCUT2D eigenvalue weighted by Gasteiger charge is -2.14. The van der Waals surface area contributed by atoms with E-state index in [1.54, 1.807) is 60.7 Å². The van der Waals surface area contributed by atoms with Gasteiger partial charge in [-0.2, -0.15) is 26.3 Å². The summed E-state index contributed by atoms with van der Waals surface area (Å²) in [6.07, 6.45) is -9.75. The van der Waals surface area contributed by atoms with E-state index >= 15 is 0 Å². The summed E-state index contributed by atoms with van der Waals surface area (Å²) in [5.41, 5.74) is -2.62. The van der Waals surface area contributed by atoms with E-state index in [-0.39, 0.29) is 11.0 Å². The van der Waals surface area contributed by atoms with Crippen molar-refractivity contribution in [1.29, 1.82) is 0 Å². The van der Waals surface area contributed by atoms with E-state index in [0.29, 0.717) is 9.79 Å². The molecule has 27 heavy (non-hydrogen) atoms. The van der Waals surface area contributed by atoms with E-state index in [1.165, 1.54) is 0 Å². The van der Waals surface area contributed by atoms with Gasteiger partial charge in [0.2, 0.25) is 0 Å². The van der Waals surface area contributed by atoms with Crippen LogP contribution in [0.15, 0.2) is 93.5 Å². The quantitative estimate of drug-likeness (QED) is 0.335. The maximum absolute atomic E-state index is 13.2. The molecule has 0 aliphatic rings. The minimum absolute atomic E-state index is 0.0328. The molecule has 3 aromatic carbocycles. The van der Waals surface area contributed by atoms with Crippen LogP contribution in [0, 0.1) is 0 Å². The van der Waals surface area contributed by atoms with Crippen molar-refractivity contribution in [2.45, 2.75) is 27.0 Å². The fourth-order valence-corrected chi connectivity index (χ4v) is 4.73. The van der Waals surface area contributed by atoms with Gasteiger partial charge in [0.1, 0.15) is 0 Å². The maximum Gasteiger partial charge on any atom is 0.416 e. The molecule has 0 saturated heterocycles. The summed E-state index contributed by atoms with van der Waals surface area (Å²) < 4.78 is 79.4. The van der Waals surface area contributed by atoms with Gasteiger partial charge in [-0.3, -0.25) is 0 Å². The smallest absolute Gasteiger partial charge is 0.166 e. The summed E-state index contributed by atoms with van der Waals surface area (Å²) in [5.74, 6) is 0. The van der Waals surface area contributed by atoms with Gasteiger partial charge < -0.3 is 0 Å². The molecule has 0 unspecified atom stereocenters. The van der Waals surface area contributed by atoms with Gasteiger partial charge in [0, 0.05) is 12.1 Å². The van der Waals surface area contributed by atoms with E-state index < -0.39 is 34.4 Å². The lowest BCUT2D eigenvalue weighted by Crippen LogP contribution is -2.14. The molecule has 7 heteroatoms. The molecule has 0 fully saturated rings. The number of benzene rings is 3. The van der Waals surface area contributed by atoms with Crippen LogP contribution in [-0.4, -0.2) is 0 Å². The van der Waals surface area contributed by atoms with Gasteiger partial charge in [0.25, 0.3) is 0 Å². The van der Waals surface area contributed by atoms with Crippen LogP contribution in [0.3, 0.4) is 0 Å². The van der Waals surface area contributed by atoms with Gasteiger partial charge in [-0.1, -0.05) is 36.4 Å². The lowest BCUT2D eigenvalue weighted by molar-refractivity contribution is -0.143. The molecule has 0 atom stereocenters. The highest BCUT2D eigenvalue weighted by Crippen LogP contribution is 2.40. The molecule has 0 heterocycles. The first kappa shape index (κ1) is 19.4. The SMILES string of the molecule is FC(F)(F)c1cc([S+](c2ccccc2)c2ccccc2)cc(C(F)(F)F)c1. The number of rotatable bonds is 3. The third-order valence-electron chi connectivity index (χ3n) is 3.75. The summed E-state index contributed by atoms with van der Waals surface area (Å²) in [7, 11) is -1.10. The third-order valence-corrected chi connectivity index (χ3v) is 5.95. The molecular weight excluding hydrogens is 386 g/mol. The Bertz CT molecular complexity index is 830. The van der Waals surface area contributed by atoms with Gasteiger partial charge in [0.05, 0.1) is 22.0 Å². The van der Waals surface area contributed by atoms with Gasteiger partial charge >= 0.3 is 12.4 Å². The average molecular weight is 399 g/mol. The van der Waals surface area contributed by atoms with Crippen LogP contribution in [0.25, 0.3) is 0 Å². The fraction of sp³-hybridized carbons (Fsp3) is 0.100. The van der Waals surface area contributed by atoms with Crippen molar-refractivity contribution in [3.05, 3.63) is 90.0 Å². The molecule has 0 aromatic heterocycles. The van der Waals surface area contributed by atoms with Crippen LogP contribution in [-0.2, 0) is 23.2 Å². The Hall–Kier alpha value is -2.41. The molecule has 0 radical (unpaired) electrons. The van der Waals surface area contributed by atoms with E-state index in [2.05, 4.69) is 0 Å². The highest BCUT2D eigenvalue weighted by molar-refractivity contribution is 7.97. The minimum atomic E-state index is -4.88. The highest BCUT2D eigenvalue weighted by atomic mass is 32.2. The fourth-order valence-electron chi connectivity index (χ4n) is 2.57. The Morgan fingerprint density at radius 3 is 1.19 bits per heavy atom. The van der Waals surface area contributed by atoms with Gasteiger partial charge in [-0.15, -0.1) is 0 Å². The van der Waals surface area contributed by atoms with Crippen molar-refractivity contribution in [1.82, 2.24) is 0 Å². The predicted molar refractivity (Wildman–Crippen MR) is 91.5 cm³/mol. The van der Waals surface area contributed by atoms with Crippen LogP contribution in [0.5, 0.6) is 0 Å². The van der Waals surface area contributed by atoms with E-state index in [0.717, 1.165) is 12.1 Å². The zero-order valence-corrected chi connectivity index (χ0v) is 14.5. The Balaban J connectivity index is 2.26. The van der Waals surface area contributed by atoms with E-state index in [1.807, 2.05) is 0 Å². The zero-order valence-electron chi connectivity index (χ0n) is 13.7. The second kappa shape index (κ2) is 7.31. The number of alkyl halides is 6.